The number of hydrogen-bond acceptors (Lipinski definition) is 7. The van der Waals surface area contributed by atoms with E-state index < -0.39 is 23.1 Å². The van der Waals surface area contributed by atoms with Gasteiger partial charge in [0.15, 0.2) is 5.17 Å². The van der Waals surface area contributed by atoms with Crippen LogP contribution in [0.25, 0.3) is 0 Å². The summed E-state index contributed by atoms with van der Waals surface area (Å²) >= 11 is 13.8. The molecule has 7 nitrogen and oxygen atoms in total. The maximum atomic E-state index is 13.1. The van der Waals surface area contributed by atoms with E-state index >= 15 is 0 Å². The molecule has 0 aromatic heterocycles. The number of thioether (sulfide) groups is 1. The maximum absolute atomic E-state index is 13.1. The lowest BCUT2D eigenvalue weighted by Gasteiger charge is -2.33. The Kier molecular flexibility index (Phi) is 8.23. The minimum Gasteiger partial charge on any atom is -0.466 e. The molecule has 0 fully saturated rings. The molecule has 0 spiro atoms. The van der Waals surface area contributed by atoms with Crippen LogP contribution in [-0.2, 0) is 19.1 Å². The van der Waals surface area contributed by atoms with Crippen LogP contribution in [0.1, 0.15) is 32.3 Å². The number of amidine groups is 1. The van der Waals surface area contributed by atoms with E-state index in [1.54, 1.807) is 39.0 Å². The third-order valence-electron chi connectivity index (χ3n) is 4.50. The van der Waals surface area contributed by atoms with Crippen molar-refractivity contribution in [2.75, 3.05) is 13.7 Å². The summed E-state index contributed by atoms with van der Waals surface area (Å²) in [5.41, 5.74) is 7.39. The first-order chi connectivity index (χ1) is 14.1. The molecular formula is C20H23Cl2N3O4S. The number of nitrogens with two attached hydrogens (primary N) is 1. The predicted molar refractivity (Wildman–Crippen MR) is 120 cm³/mol. The molecule has 2 atom stereocenters. The lowest BCUT2D eigenvalue weighted by atomic mass is 9.79. The number of hydrogen-bond donors (Lipinski definition) is 3. The summed E-state index contributed by atoms with van der Waals surface area (Å²) in [6, 6.07) is 5.00. The average molecular weight is 472 g/mol. The van der Waals surface area contributed by atoms with Crippen molar-refractivity contribution >= 4 is 52.1 Å². The molecule has 0 amide bonds. The van der Waals surface area contributed by atoms with Crippen molar-refractivity contribution in [2.24, 2.45) is 5.73 Å². The zero-order chi connectivity index (χ0) is 22.6. The second-order valence-corrected chi connectivity index (χ2v) is 8.57. The summed E-state index contributed by atoms with van der Waals surface area (Å²) in [5, 5.41) is 10.7. The molecule has 4 N–H and O–H groups in total. The van der Waals surface area contributed by atoms with Crippen LogP contribution in [0.15, 0.2) is 40.7 Å². The Morgan fingerprint density at radius 2 is 1.97 bits per heavy atom. The van der Waals surface area contributed by atoms with Gasteiger partial charge in [-0.25, -0.2) is 9.59 Å². The molecule has 10 heteroatoms. The lowest BCUT2D eigenvalue weighted by Crippen LogP contribution is -2.36. The van der Waals surface area contributed by atoms with Crippen molar-refractivity contribution in [1.29, 1.82) is 5.41 Å². The highest BCUT2D eigenvalue weighted by Crippen LogP contribution is 2.44. The molecular weight excluding hydrogens is 449 g/mol. The third-order valence-corrected chi connectivity index (χ3v) is 6.17. The molecule has 30 heavy (non-hydrogen) atoms. The number of carbonyl (C=O) groups excluding carboxylic acids is 2. The fraction of sp³-hybridized carbons (Fsp3) is 0.350. The minimum atomic E-state index is -0.881. The number of methoxy groups -OCH3 is 1. The SMILES string of the molecule is CCOC(=O)C1=C(C(C)SC(=N)N)NC(C)=C(C(=O)OC)C1c1cccc(Cl)c1Cl. The molecule has 0 saturated heterocycles. The fourth-order valence-electron chi connectivity index (χ4n) is 3.29. The minimum absolute atomic E-state index is 0.113. The summed E-state index contributed by atoms with van der Waals surface area (Å²) in [4.78, 5) is 25.8. The van der Waals surface area contributed by atoms with E-state index in [9.17, 15) is 9.59 Å². The van der Waals surface area contributed by atoms with Gasteiger partial charge in [0.1, 0.15) is 0 Å². The smallest absolute Gasteiger partial charge is 0.336 e. The molecule has 1 aliphatic rings. The average Bonchev–Trinajstić information content (AvgIpc) is 2.68. The van der Waals surface area contributed by atoms with Crippen LogP contribution in [0.5, 0.6) is 0 Å². The van der Waals surface area contributed by atoms with E-state index in [1.807, 2.05) is 0 Å². The zero-order valence-corrected chi connectivity index (χ0v) is 19.3. The summed E-state index contributed by atoms with van der Waals surface area (Å²) in [7, 11) is 1.26. The highest BCUT2D eigenvalue weighted by atomic mass is 35.5. The Labute approximate surface area is 189 Å². The normalized spacial score (nSPS) is 17.3. The van der Waals surface area contributed by atoms with Gasteiger partial charge >= 0.3 is 11.9 Å². The van der Waals surface area contributed by atoms with Gasteiger partial charge in [0.2, 0.25) is 0 Å². The molecule has 0 bridgehead atoms. The van der Waals surface area contributed by atoms with Gasteiger partial charge in [-0.3, -0.25) is 5.41 Å². The van der Waals surface area contributed by atoms with Gasteiger partial charge in [0.05, 0.1) is 46.1 Å². The standard InChI is InChI=1S/C20H23Cl2N3O4S/c1-5-29-19(27)15-14(11-7-6-8-12(21)16(11)22)13(18(26)28-4)9(2)25-17(15)10(3)30-20(23)24/h6-8,10,14,25H,5H2,1-4H3,(H3,23,24). The van der Waals surface area contributed by atoms with E-state index in [-0.39, 0.29) is 33.0 Å². The maximum Gasteiger partial charge on any atom is 0.336 e. The first kappa shape index (κ1) is 24.1. The third kappa shape index (κ3) is 4.94. The van der Waals surface area contributed by atoms with Gasteiger partial charge in [-0.2, -0.15) is 0 Å². The summed E-state index contributed by atoms with van der Waals surface area (Å²) in [6.07, 6.45) is 0. The number of dihydropyridines is 1. The van der Waals surface area contributed by atoms with Crippen LogP contribution in [0.3, 0.4) is 0 Å². The van der Waals surface area contributed by atoms with Crippen molar-refractivity contribution in [3.63, 3.8) is 0 Å². The highest BCUT2D eigenvalue weighted by molar-refractivity contribution is 8.14. The molecule has 1 heterocycles. The molecule has 0 saturated carbocycles. The van der Waals surface area contributed by atoms with E-state index in [0.717, 1.165) is 11.8 Å². The van der Waals surface area contributed by atoms with Crippen LogP contribution in [-0.4, -0.2) is 36.1 Å². The van der Waals surface area contributed by atoms with Crippen LogP contribution in [0.2, 0.25) is 10.0 Å². The number of allylic oxidation sites excluding steroid dienone is 1. The summed E-state index contributed by atoms with van der Waals surface area (Å²) < 4.78 is 10.3. The van der Waals surface area contributed by atoms with Crippen LogP contribution in [0.4, 0.5) is 0 Å². The molecule has 162 valence electrons. The van der Waals surface area contributed by atoms with Gasteiger partial charge in [0.25, 0.3) is 0 Å². The predicted octanol–water partition coefficient (Wildman–Crippen LogP) is 3.96. The Morgan fingerprint density at radius 1 is 1.30 bits per heavy atom. The second-order valence-electron chi connectivity index (χ2n) is 6.40. The number of nitrogens with one attached hydrogen (secondary N) is 2. The second kappa shape index (κ2) is 10.2. The summed E-state index contributed by atoms with van der Waals surface area (Å²) in [6.45, 7) is 5.31. The molecule has 0 aliphatic carbocycles. The number of halogens is 2. The van der Waals surface area contributed by atoms with Crippen molar-refractivity contribution < 1.29 is 19.1 Å². The quantitative estimate of drug-likeness (QED) is 0.326. The first-order valence-electron chi connectivity index (χ1n) is 9.05. The van der Waals surface area contributed by atoms with E-state index in [0.29, 0.717) is 17.0 Å². The number of ether oxygens (including phenoxy) is 2. The van der Waals surface area contributed by atoms with Crippen molar-refractivity contribution in [3.8, 4) is 0 Å². The van der Waals surface area contributed by atoms with E-state index in [4.69, 9.17) is 43.8 Å². The van der Waals surface area contributed by atoms with E-state index in [2.05, 4.69) is 5.32 Å². The molecule has 2 unspecified atom stereocenters. The highest BCUT2D eigenvalue weighted by Gasteiger charge is 2.41. The van der Waals surface area contributed by atoms with Crippen LogP contribution in [0, 0.1) is 5.41 Å². The van der Waals surface area contributed by atoms with Crippen LogP contribution >= 0.6 is 35.0 Å². The first-order valence-corrected chi connectivity index (χ1v) is 10.7. The van der Waals surface area contributed by atoms with Gasteiger partial charge in [0, 0.05) is 11.4 Å². The Balaban J connectivity index is 2.85. The van der Waals surface area contributed by atoms with Gasteiger partial charge in [-0.1, -0.05) is 47.1 Å². The zero-order valence-electron chi connectivity index (χ0n) is 17.0. The Morgan fingerprint density at radius 3 is 2.53 bits per heavy atom. The van der Waals surface area contributed by atoms with Gasteiger partial charge in [-0.05, 0) is 32.4 Å². The van der Waals surface area contributed by atoms with Crippen molar-refractivity contribution in [1.82, 2.24) is 5.32 Å². The molecule has 1 aromatic carbocycles. The topological polar surface area (TPSA) is 115 Å². The Bertz CT molecular complexity index is 946. The molecule has 2 rings (SSSR count). The largest absolute Gasteiger partial charge is 0.466 e. The summed E-state index contributed by atoms with van der Waals surface area (Å²) in [5.74, 6) is -2.12. The molecule has 1 aliphatic heterocycles. The van der Waals surface area contributed by atoms with Gasteiger partial charge < -0.3 is 20.5 Å². The lowest BCUT2D eigenvalue weighted by molar-refractivity contribution is -0.139. The Hall–Kier alpha value is -2.16. The van der Waals surface area contributed by atoms with E-state index in [1.165, 1.54) is 7.11 Å². The number of benzene rings is 1. The monoisotopic (exact) mass is 471 g/mol. The van der Waals surface area contributed by atoms with Crippen molar-refractivity contribution in [2.45, 2.75) is 31.9 Å². The van der Waals surface area contributed by atoms with Crippen LogP contribution < -0.4 is 11.1 Å². The van der Waals surface area contributed by atoms with Gasteiger partial charge in [-0.15, -0.1) is 0 Å². The number of esters is 2. The molecule has 0 radical (unpaired) electrons. The molecule has 1 aromatic rings. The fourth-order valence-corrected chi connectivity index (χ4v) is 4.40. The van der Waals surface area contributed by atoms with Crippen molar-refractivity contribution in [3.05, 3.63) is 56.3 Å². The number of carbonyl (C=O) groups is 2. The number of rotatable bonds is 6.